The van der Waals surface area contributed by atoms with E-state index in [1.807, 2.05) is 7.05 Å². The summed E-state index contributed by atoms with van der Waals surface area (Å²) in [4.78, 5) is 0. The fraction of sp³-hybridized carbons (Fsp3) is 0.900. The second-order valence-electron chi connectivity index (χ2n) is 4.13. The molecule has 0 amide bonds. The van der Waals surface area contributed by atoms with Gasteiger partial charge >= 0.3 is 0 Å². The molecule has 1 rings (SSSR count). The summed E-state index contributed by atoms with van der Waals surface area (Å²) < 4.78 is 0. The minimum atomic E-state index is 0.564. The molecule has 0 heterocycles. The first kappa shape index (κ1) is 10.8. The molecule has 1 aliphatic carbocycles. The Balaban J connectivity index is 2.48. The molecule has 1 aliphatic rings. The van der Waals surface area contributed by atoms with E-state index in [-0.39, 0.29) is 0 Å². The highest BCUT2D eigenvalue weighted by atomic mass is 32.1. The monoisotopic (exact) mass is 200 g/mol. The third-order valence-corrected chi connectivity index (χ3v) is 3.39. The Kier molecular flexibility index (Phi) is 3.97. The van der Waals surface area contributed by atoms with Crippen molar-refractivity contribution in [2.45, 2.75) is 39.2 Å². The van der Waals surface area contributed by atoms with Crippen molar-refractivity contribution in [3.8, 4) is 0 Å². The van der Waals surface area contributed by atoms with Crippen LogP contribution in [0.4, 0.5) is 0 Å². The van der Waals surface area contributed by atoms with Gasteiger partial charge in [0.2, 0.25) is 0 Å². The molecule has 1 saturated carbocycles. The lowest BCUT2D eigenvalue weighted by atomic mass is 9.79. The third-order valence-electron chi connectivity index (χ3n) is 3.07. The summed E-state index contributed by atoms with van der Waals surface area (Å²) in [6, 6.07) is 0.564. The van der Waals surface area contributed by atoms with Gasteiger partial charge in [-0.15, -0.1) is 0 Å². The smallest absolute Gasteiger partial charge is 0.166 e. The summed E-state index contributed by atoms with van der Waals surface area (Å²) in [5.41, 5.74) is 0. The van der Waals surface area contributed by atoms with E-state index >= 15 is 0 Å². The van der Waals surface area contributed by atoms with Crippen LogP contribution < -0.4 is 10.6 Å². The number of nitrogens with one attached hydrogen (secondary N) is 2. The Labute approximate surface area is 86.5 Å². The lowest BCUT2D eigenvalue weighted by Crippen LogP contribution is -2.48. The highest BCUT2D eigenvalue weighted by molar-refractivity contribution is 7.80. The van der Waals surface area contributed by atoms with Crippen molar-refractivity contribution in [2.75, 3.05) is 7.05 Å². The second kappa shape index (κ2) is 4.80. The molecular formula is C10H20N2S. The van der Waals surface area contributed by atoms with E-state index in [0.29, 0.717) is 6.04 Å². The molecule has 0 spiro atoms. The van der Waals surface area contributed by atoms with Crippen molar-refractivity contribution in [3.63, 3.8) is 0 Å². The van der Waals surface area contributed by atoms with Gasteiger partial charge in [-0.2, -0.15) is 0 Å². The highest BCUT2D eigenvalue weighted by Gasteiger charge is 2.27. The van der Waals surface area contributed by atoms with E-state index in [9.17, 15) is 0 Å². The number of hydrogen-bond acceptors (Lipinski definition) is 1. The van der Waals surface area contributed by atoms with Crippen LogP contribution in [0.3, 0.4) is 0 Å². The van der Waals surface area contributed by atoms with Gasteiger partial charge < -0.3 is 10.6 Å². The summed E-state index contributed by atoms with van der Waals surface area (Å²) in [7, 11) is 1.87. The molecule has 0 radical (unpaired) electrons. The molecule has 13 heavy (non-hydrogen) atoms. The lowest BCUT2D eigenvalue weighted by Gasteiger charge is -2.35. The van der Waals surface area contributed by atoms with Crippen molar-refractivity contribution in [1.29, 1.82) is 0 Å². The number of rotatable bonds is 1. The maximum Gasteiger partial charge on any atom is 0.166 e. The maximum absolute atomic E-state index is 5.12. The van der Waals surface area contributed by atoms with Crippen LogP contribution in [0.1, 0.15) is 33.1 Å². The maximum atomic E-state index is 5.12. The molecule has 0 saturated heterocycles. The molecule has 3 heteroatoms. The van der Waals surface area contributed by atoms with E-state index in [1.54, 1.807) is 0 Å². The van der Waals surface area contributed by atoms with Gasteiger partial charge in [0.1, 0.15) is 0 Å². The largest absolute Gasteiger partial charge is 0.366 e. The molecule has 1 fully saturated rings. The van der Waals surface area contributed by atoms with Crippen LogP contribution in [-0.4, -0.2) is 18.2 Å². The first-order valence-corrected chi connectivity index (χ1v) is 5.54. The quantitative estimate of drug-likeness (QED) is 0.632. The predicted molar refractivity (Wildman–Crippen MR) is 60.8 cm³/mol. The molecule has 0 aliphatic heterocycles. The summed E-state index contributed by atoms with van der Waals surface area (Å²) >= 11 is 5.12. The normalized spacial score (nSPS) is 33.9. The Morgan fingerprint density at radius 2 is 1.77 bits per heavy atom. The van der Waals surface area contributed by atoms with Gasteiger partial charge in [0.05, 0.1) is 0 Å². The van der Waals surface area contributed by atoms with Crippen LogP contribution >= 0.6 is 12.2 Å². The van der Waals surface area contributed by atoms with E-state index in [4.69, 9.17) is 12.2 Å². The van der Waals surface area contributed by atoms with Gasteiger partial charge in [-0.05, 0) is 36.9 Å². The molecule has 2 atom stereocenters. The van der Waals surface area contributed by atoms with Crippen LogP contribution in [-0.2, 0) is 0 Å². The first-order chi connectivity index (χ1) is 6.15. The fourth-order valence-electron chi connectivity index (χ4n) is 2.19. The summed E-state index contributed by atoms with van der Waals surface area (Å²) in [5.74, 6) is 1.49. The summed E-state index contributed by atoms with van der Waals surface area (Å²) in [6.07, 6.45) is 4.02. The molecule has 2 unspecified atom stereocenters. The van der Waals surface area contributed by atoms with Crippen molar-refractivity contribution < 1.29 is 0 Å². The zero-order valence-electron chi connectivity index (χ0n) is 8.76. The van der Waals surface area contributed by atoms with Crippen LogP contribution in [0.15, 0.2) is 0 Å². The van der Waals surface area contributed by atoms with E-state index in [1.165, 1.54) is 19.3 Å². The standard InChI is InChI=1S/C10H20N2S/c1-7-5-4-6-8(2)9(7)12-10(13)11-3/h7-9H,4-6H2,1-3H3,(H2,11,12,13). The van der Waals surface area contributed by atoms with E-state index in [0.717, 1.165) is 16.9 Å². The van der Waals surface area contributed by atoms with Crippen molar-refractivity contribution >= 4 is 17.3 Å². The van der Waals surface area contributed by atoms with E-state index < -0.39 is 0 Å². The molecule has 76 valence electrons. The second-order valence-corrected chi connectivity index (χ2v) is 4.54. The number of thiocarbonyl (C=S) groups is 1. The topological polar surface area (TPSA) is 24.1 Å². The summed E-state index contributed by atoms with van der Waals surface area (Å²) in [5, 5.41) is 7.15. The van der Waals surface area contributed by atoms with Crippen molar-refractivity contribution in [2.24, 2.45) is 11.8 Å². The Bertz CT molecular complexity index is 172. The summed E-state index contributed by atoms with van der Waals surface area (Å²) in [6.45, 7) is 4.62. The lowest BCUT2D eigenvalue weighted by molar-refractivity contribution is 0.231. The average Bonchev–Trinajstić information content (AvgIpc) is 2.11. The zero-order chi connectivity index (χ0) is 9.84. The molecule has 0 aromatic heterocycles. The third kappa shape index (κ3) is 2.83. The Hall–Kier alpha value is -0.310. The average molecular weight is 200 g/mol. The van der Waals surface area contributed by atoms with Gasteiger partial charge in [-0.25, -0.2) is 0 Å². The zero-order valence-corrected chi connectivity index (χ0v) is 9.58. The van der Waals surface area contributed by atoms with Gasteiger partial charge in [-0.1, -0.05) is 20.3 Å². The van der Waals surface area contributed by atoms with Crippen LogP contribution in [0, 0.1) is 11.8 Å². The molecule has 0 aromatic rings. The first-order valence-electron chi connectivity index (χ1n) is 5.13. The molecular weight excluding hydrogens is 180 g/mol. The molecule has 0 bridgehead atoms. The van der Waals surface area contributed by atoms with Gasteiger partial charge in [0.15, 0.2) is 5.11 Å². The number of hydrogen-bond donors (Lipinski definition) is 2. The molecule has 2 nitrogen and oxygen atoms in total. The minimum Gasteiger partial charge on any atom is -0.366 e. The van der Waals surface area contributed by atoms with Crippen LogP contribution in [0.25, 0.3) is 0 Å². The highest BCUT2D eigenvalue weighted by Crippen LogP contribution is 2.28. The molecule has 2 N–H and O–H groups in total. The predicted octanol–water partition coefficient (Wildman–Crippen LogP) is 1.90. The van der Waals surface area contributed by atoms with Gasteiger partial charge in [-0.3, -0.25) is 0 Å². The van der Waals surface area contributed by atoms with Crippen molar-refractivity contribution in [3.05, 3.63) is 0 Å². The van der Waals surface area contributed by atoms with Crippen molar-refractivity contribution in [1.82, 2.24) is 10.6 Å². The Morgan fingerprint density at radius 1 is 1.23 bits per heavy atom. The van der Waals surface area contributed by atoms with E-state index in [2.05, 4.69) is 24.5 Å². The Morgan fingerprint density at radius 3 is 2.23 bits per heavy atom. The SMILES string of the molecule is CNC(=S)NC1C(C)CCCC1C. The van der Waals surface area contributed by atoms with Gasteiger partial charge in [0, 0.05) is 13.1 Å². The molecule has 0 aromatic carbocycles. The van der Waals surface area contributed by atoms with Crippen LogP contribution in [0.2, 0.25) is 0 Å². The minimum absolute atomic E-state index is 0.564. The fourth-order valence-corrected chi connectivity index (χ4v) is 2.33. The van der Waals surface area contributed by atoms with Crippen LogP contribution in [0.5, 0.6) is 0 Å². The van der Waals surface area contributed by atoms with Gasteiger partial charge in [0.25, 0.3) is 0 Å².